The summed E-state index contributed by atoms with van der Waals surface area (Å²) in [6, 6.07) is 15.2. The molecule has 0 saturated carbocycles. The van der Waals surface area contributed by atoms with Crippen molar-refractivity contribution in [1.29, 1.82) is 0 Å². The largest absolute Gasteiger partial charge is 0.381 e. The molecule has 4 aromatic heterocycles. The lowest BCUT2D eigenvalue weighted by molar-refractivity contribution is 0.0938. The van der Waals surface area contributed by atoms with Gasteiger partial charge in [-0.2, -0.15) is 5.10 Å². The molecule has 0 aliphatic rings. The van der Waals surface area contributed by atoms with Crippen LogP contribution in [-0.2, 0) is 6.42 Å². The number of nitrogens with one attached hydrogen (secondary N) is 2. The monoisotopic (exact) mass is 533 g/mol. The van der Waals surface area contributed by atoms with Gasteiger partial charge in [0.15, 0.2) is 17.2 Å². The molecule has 6 aromatic rings. The minimum atomic E-state index is -0.723. The molecule has 0 radical (unpaired) electrons. The van der Waals surface area contributed by atoms with E-state index in [-0.39, 0.29) is 29.1 Å². The number of nitrogens with two attached hydrogens (primary N) is 1. The van der Waals surface area contributed by atoms with Crippen molar-refractivity contribution in [2.24, 2.45) is 0 Å². The molecule has 12 nitrogen and oxygen atoms in total. The Morgan fingerprint density at radius 1 is 1.10 bits per heavy atom. The predicted octanol–water partition coefficient (Wildman–Crippen LogP) is 2.65. The standard InChI is InChI=1S/C28H23N9O3/c1-16(33-27(39)23-24(29)35-36-12-6-11-30-26(23)36)25-34-20-10-5-7-17(13-21(38)18-14-31-32-15-18)22(20)28(40)37(25)19-8-3-2-4-9-19/h2-12,14-16H,13H2,1H3,(H2,29,35)(H,31,32)(H,33,39). The number of fused-ring (bicyclic) bond motifs is 2. The van der Waals surface area contributed by atoms with E-state index in [1.165, 1.54) is 21.5 Å². The Bertz CT molecular complexity index is 1940. The maximum Gasteiger partial charge on any atom is 0.266 e. The molecule has 0 fully saturated rings. The van der Waals surface area contributed by atoms with Gasteiger partial charge in [0, 0.05) is 25.0 Å². The Kier molecular flexibility index (Phi) is 6.11. The number of nitrogens with zero attached hydrogens (tertiary/aromatic N) is 6. The molecule has 2 aromatic carbocycles. The van der Waals surface area contributed by atoms with Gasteiger partial charge < -0.3 is 11.1 Å². The second kappa shape index (κ2) is 9.91. The van der Waals surface area contributed by atoms with Crippen LogP contribution in [0, 0.1) is 0 Å². The third-order valence-corrected chi connectivity index (χ3v) is 6.58. The maximum atomic E-state index is 14.1. The average molecular weight is 534 g/mol. The van der Waals surface area contributed by atoms with Crippen molar-refractivity contribution in [3.63, 3.8) is 0 Å². The molecule has 12 heteroatoms. The number of aromatic nitrogens is 7. The van der Waals surface area contributed by atoms with Crippen molar-refractivity contribution in [3.8, 4) is 5.69 Å². The van der Waals surface area contributed by atoms with Gasteiger partial charge in [-0.15, -0.1) is 5.10 Å². The number of amides is 1. The summed E-state index contributed by atoms with van der Waals surface area (Å²) in [6.45, 7) is 1.73. The Hall–Kier alpha value is -5.65. The zero-order chi connectivity index (χ0) is 27.8. The second-order valence-electron chi connectivity index (χ2n) is 9.19. The molecule has 0 aliphatic heterocycles. The number of H-pyrrole nitrogens is 1. The van der Waals surface area contributed by atoms with Gasteiger partial charge in [-0.05, 0) is 36.8 Å². The maximum absolute atomic E-state index is 14.1. The third kappa shape index (κ3) is 4.26. The zero-order valence-corrected chi connectivity index (χ0v) is 21.3. The van der Waals surface area contributed by atoms with Crippen molar-refractivity contribution in [2.45, 2.75) is 19.4 Å². The first-order valence-electron chi connectivity index (χ1n) is 12.4. The van der Waals surface area contributed by atoms with Crippen LogP contribution in [-0.4, -0.2) is 46.0 Å². The topological polar surface area (TPSA) is 166 Å². The number of aromatic amines is 1. The molecule has 4 N–H and O–H groups in total. The molecule has 0 bridgehead atoms. The van der Waals surface area contributed by atoms with Crippen molar-refractivity contribution in [2.75, 3.05) is 5.73 Å². The number of carbonyl (C=O) groups is 2. The SMILES string of the molecule is CC(NC(=O)c1c(N)nn2cccnc12)c1nc2cccc(CC(=O)c3cn[nH]c3)c2c(=O)n1-c1ccccc1. The summed E-state index contributed by atoms with van der Waals surface area (Å²) in [5.41, 5.74) is 8.04. The van der Waals surface area contributed by atoms with Crippen molar-refractivity contribution < 1.29 is 9.59 Å². The first-order chi connectivity index (χ1) is 19.4. The van der Waals surface area contributed by atoms with Crippen LogP contribution in [0.1, 0.15) is 45.1 Å². The zero-order valence-electron chi connectivity index (χ0n) is 21.3. The lowest BCUT2D eigenvalue weighted by atomic mass is 10.0. The summed E-state index contributed by atoms with van der Waals surface area (Å²) in [5, 5.41) is 13.8. The third-order valence-electron chi connectivity index (χ3n) is 6.58. The molecular weight excluding hydrogens is 510 g/mol. The van der Waals surface area contributed by atoms with E-state index in [9.17, 15) is 14.4 Å². The molecule has 1 amide bonds. The highest BCUT2D eigenvalue weighted by molar-refractivity contribution is 6.04. The molecular formula is C28H23N9O3. The molecule has 40 heavy (non-hydrogen) atoms. The summed E-state index contributed by atoms with van der Waals surface area (Å²) >= 11 is 0. The van der Waals surface area contributed by atoms with Crippen molar-refractivity contribution in [3.05, 3.63) is 112 Å². The number of Topliss-reactive ketones (excluding diaryl/α,β-unsaturated/α-hetero) is 1. The van der Waals surface area contributed by atoms with E-state index in [4.69, 9.17) is 10.7 Å². The average Bonchev–Trinajstić information content (AvgIpc) is 3.61. The van der Waals surface area contributed by atoms with E-state index in [0.29, 0.717) is 39.2 Å². The number of carbonyl (C=O) groups excluding carboxylic acids is 2. The normalized spacial score (nSPS) is 12.0. The van der Waals surface area contributed by atoms with Gasteiger partial charge in [0.1, 0.15) is 11.4 Å². The van der Waals surface area contributed by atoms with Crippen LogP contribution < -0.4 is 16.6 Å². The number of ketones is 1. The summed E-state index contributed by atoms with van der Waals surface area (Å²) in [4.78, 5) is 49.4. The van der Waals surface area contributed by atoms with Gasteiger partial charge in [-0.1, -0.05) is 30.3 Å². The van der Waals surface area contributed by atoms with Crippen LogP contribution in [0.5, 0.6) is 0 Å². The first kappa shape index (κ1) is 24.7. The second-order valence-corrected chi connectivity index (χ2v) is 9.19. The highest BCUT2D eigenvalue weighted by Gasteiger charge is 2.25. The van der Waals surface area contributed by atoms with Crippen LogP contribution in [0.2, 0.25) is 0 Å². The van der Waals surface area contributed by atoms with Crippen LogP contribution in [0.4, 0.5) is 5.82 Å². The molecule has 0 spiro atoms. The lowest BCUT2D eigenvalue weighted by Gasteiger charge is -2.20. The van der Waals surface area contributed by atoms with Crippen LogP contribution in [0.3, 0.4) is 0 Å². The summed E-state index contributed by atoms with van der Waals surface area (Å²) in [7, 11) is 0. The van der Waals surface area contributed by atoms with Gasteiger partial charge in [-0.3, -0.25) is 24.0 Å². The van der Waals surface area contributed by atoms with Gasteiger partial charge in [0.05, 0.1) is 34.4 Å². The van der Waals surface area contributed by atoms with Crippen LogP contribution in [0.25, 0.3) is 22.2 Å². The van der Waals surface area contributed by atoms with Crippen molar-refractivity contribution >= 4 is 34.1 Å². The van der Waals surface area contributed by atoms with Gasteiger partial charge >= 0.3 is 0 Å². The Labute approximate surface area is 226 Å². The molecule has 4 heterocycles. The van der Waals surface area contributed by atoms with E-state index < -0.39 is 11.9 Å². The minimum absolute atomic E-state index is 0.00474. The first-order valence-corrected chi connectivity index (χ1v) is 12.4. The quantitative estimate of drug-likeness (QED) is 0.263. The fourth-order valence-corrected chi connectivity index (χ4v) is 4.71. The Morgan fingerprint density at radius 2 is 1.93 bits per heavy atom. The highest BCUT2D eigenvalue weighted by Crippen LogP contribution is 2.23. The van der Waals surface area contributed by atoms with Gasteiger partial charge in [-0.25, -0.2) is 14.5 Å². The van der Waals surface area contributed by atoms with Gasteiger partial charge in [0.25, 0.3) is 11.5 Å². The fraction of sp³-hybridized carbons (Fsp3) is 0.107. The number of para-hydroxylation sites is 1. The molecule has 0 saturated heterocycles. The van der Waals surface area contributed by atoms with E-state index >= 15 is 0 Å². The molecule has 198 valence electrons. The van der Waals surface area contributed by atoms with Gasteiger partial charge in [0.2, 0.25) is 0 Å². The summed E-state index contributed by atoms with van der Waals surface area (Å²) in [6.07, 6.45) is 6.15. The number of anilines is 1. The summed E-state index contributed by atoms with van der Waals surface area (Å²) < 4.78 is 2.88. The highest BCUT2D eigenvalue weighted by atomic mass is 16.2. The van der Waals surface area contributed by atoms with E-state index in [2.05, 4.69) is 25.6 Å². The minimum Gasteiger partial charge on any atom is -0.381 e. The van der Waals surface area contributed by atoms with Crippen LogP contribution >= 0.6 is 0 Å². The Balaban J connectivity index is 1.46. The number of hydrogen-bond acceptors (Lipinski definition) is 8. The van der Waals surface area contributed by atoms with Crippen molar-refractivity contribution in [1.82, 2.24) is 39.7 Å². The Morgan fingerprint density at radius 3 is 2.70 bits per heavy atom. The number of rotatable bonds is 7. The number of benzene rings is 2. The van der Waals surface area contributed by atoms with E-state index in [1.54, 1.807) is 67.8 Å². The van der Waals surface area contributed by atoms with E-state index in [1.807, 2.05) is 6.07 Å². The number of hydrogen-bond donors (Lipinski definition) is 3. The van der Waals surface area contributed by atoms with Crippen LogP contribution in [0.15, 0.2) is 84.2 Å². The lowest BCUT2D eigenvalue weighted by Crippen LogP contribution is -2.33. The molecule has 6 rings (SSSR count). The molecule has 0 aliphatic carbocycles. The number of nitrogen functional groups attached to an aromatic ring is 1. The predicted molar refractivity (Wildman–Crippen MR) is 147 cm³/mol. The molecule has 1 unspecified atom stereocenters. The fourth-order valence-electron chi connectivity index (χ4n) is 4.71. The summed E-state index contributed by atoms with van der Waals surface area (Å²) in [5.74, 6) is -0.357. The molecule has 1 atom stereocenters. The van der Waals surface area contributed by atoms with E-state index in [0.717, 1.165) is 0 Å². The smallest absolute Gasteiger partial charge is 0.266 e.